The maximum Gasteiger partial charge on any atom is 1.00 e. The van der Waals surface area contributed by atoms with Crippen molar-refractivity contribution in [2.45, 2.75) is 57.7 Å². The van der Waals surface area contributed by atoms with E-state index >= 15 is 0 Å². The van der Waals surface area contributed by atoms with Gasteiger partial charge < -0.3 is 48.7 Å². The standard InChI is InChI=1S/C36H41ClF2N8O2.C4H9NO.C2H6O.CH3.Na/c1-4-8-30(42-2)33-26(11-6-12-29(33)40)22-9-5-10-24(17-22)49-25-19-32(36(48)44-16-7-15-37)46(21-25)35(43-3)27-20-45-47(34(27)41)31-14-13-23(38)18-28(31)39;1-4(3-6)5-2;1-3-2;;/h5-6,9-14,17-18,20,25,32H,4,7-8,15-16,19,21,40-41H2,1-3H3,(H,44,48);3-5H,1-2H3;1-2H3;1H3;/q;;;-1;+1. The Bertz CT molecular complexity index is 2020. The first-order valence-electron chi connectivity index (χ1n) is 18.9. The van der Waals surface area contributed by atoms with Crippen molar-refractivity contribution in [2.75, 3.05) is 65.8 Å². The number of halogens is 3. The number of methoxy groups -OCH3 is 1. The molecule has 1 aliphatic heterocycles. The second-order valence-electron chi connectivity index (χ2n) is 13.3. The quantitative estimate of drug-likeness (QED) is 0.0217. The van der Waals surface area contributed by atoms with Gasteiger partial charge in [-0.25, -0.2) is 13.5 Å². The van der Waals surface area contributed by atoms with Crippen molar-refractivity contribution in [3.8, 4) is 22.6 Å². The molecule has 2 heterocycles. The summed E-state index contributed by atoms with van der Waals surface area (Å²) in [5, 5.41) is 9.98. The summed E-state index contributed by atoms with van der Waals surface area (Å²) in [7, 11) is 8.36. The zero-order valence-corrected chi connectivity index (χ0v) is 39.0. The van der Waals surface area contributed by atoms with Crippen molar-refractivity contribution in [2.24, 2.45) is 9.98 Å². The van der Waals surface area contributed by atoms with Crippen LogP contribution in [0.3, 0.4) is 0 Å². The maximum absolute atomic E-state index is 14.7. The molecule has 13 nitrogen and oxygen atoms in total. The van der Waals surface area contributed by atoms with E-state index in [-0.39, 0.29) is 60.4 Å². The summed E-state index contributed by atoms with van der Waals surface area (Å²) >= 11 is 5.86. The summed E-state index contributed by atoms with van der Waals surface area (Å²) in [6.45, 7) is 4.61. The van der Waals surface area contributed by atoms with E-state index in [1.165, 1.54) is 16.9 Å². The van der Waals surface area contributed by atoms with Crippen LogP contribution in [0.1, 0.15) is 50.7 Å². The maximum atomic E-state index is 14.7. The predicted octanol–water partition coefficient (Wildman–Crippen LogP) is 3.35. The molecular formula is C43H59ClF2N9NaO4. The Balaban J connectivity index is 0.00000148. The van der Waals surface area contributed by atoms with Crippen LogP contribution in [-0.4, -0.2) is 111 Å². The first-order chi connectivity index (χ1) is 27.9. The molecule has 0 bridgehead atoms. The van der Waals surface area contributed by atoms with Crippen LogP contribution in [0.2, 0.25) is 0 Å². The molecule has 4 aromatic rings. The van der Waals surface area contributed by atoms with Crippen molar-refractivity contribution >= 4 is 46.8 Å². The van der Waals surface area contributed by atoms with Crippen LogP contribution < -0.4 is 56.4 Å². The molecule has 0 spiro atoms. The van der Waals surface area contributed by atoms with Crippen LogP contribution in [-0.2, 0) is 14.3 Å². The third kappa shape index (κ3) is 14.4. The fourth-order valence-electron chi connectivity index (χ4n) is 6.26. The summed E-state index contributed by atoms with van der Waals surface area (Å²) < 4.78 is 40.2. The van der Waals surface area contributed by atoms with E-state index in [0.717, 1.165) is 53.7 Å². The van der Waals surface area contributed by atoms with Crippen LogP contribution in [0.4, 0.5) is 20.3 Å². The zero-order chi connectivity index (χ0) is 42.8. The molecule has 1 fully saturated rings. The minimum atomic E-state index is -0.821. The number of aldehydes is 1. The Kier molecular flexibility index (Phi) is 24.6. The van der Waals surface area contributed by atoms with E-state index in [0.29, 0.717) is 54.6 Å². The molecule has 1 saturated heterocycles. The first-order valence-corrected chi connectivity index (χ1v) is 19.5. The van der Waals surface area contributed by atoms with Crippen molar-refractivity contribution < 1.29 is 57.4 Å². The molecule has 5 rings (SSSR count). The minimum absolute atomic E-state index is 0. The third-order valence-electron chi connectivity index (χ3n) is 9.09. The van der Waals surface area contributed by atoms with Gasteiger partial charge in [-0.3, -0.25) is 14.8 Å². The molecule has 1 aliphatic rings. The van der Waals surface area contributed by atoms with Crippen LogP contribution in [0.15, 0.2) is 76.8 Å². The summed E-state index contributed by atoms with van der Waals surface area (Å²) in [4.78, 5) is 34.1. The summed E-state index contributed by atoms with van der Waals surface area (Å²) in [6.07, 6.45) is 4.60. The van der Waals surface area contributed by atoms with E-state index in [4.69, 9.17) is 27.8 Å². The van der Waals surface area contributed by atoms with E-state index in [1.54, 1.807) is 42.3 Å². The Hall–Kier alpha value is -4.38. The first kappa shape index (κ1) is 53.6. The summed E-state index contributed by atoms with van der Waals surface area (Å²) in [5.74, 6) is -0.252. The number of hydrogen-bond donors (Lipinski definition) is 4. The number of amides is 1. The van der Waals surface area contributed by atoms with Gasteiger partial charge in [-0.1, -0.05) is 37.6 Å². The fraction of sp³-hybridized carbons (Fsp3) is 0.395. The van der Waals surface area contributed by atoms with Crippen LogP contribution in [0, 0.1) is 19.1 Å². The SMILES string of the molecule is CCCC(=NC)c1c(N)cccc1-c1cccc(OC2CC(C(=O)NCCCCl)N(C(=NC)c3cnn(-c4ccc(F)cc4F)c3N)C2)c1.CNC(C)C=O.COC.[CH3-].[Na+]. The van der Waals surface area contributed by atoms with Gasteiger partial charge in [-0.05, 0) is 68.3 Å². The number of nitrogen functional groups attached to an aromatic ring is 2. The molecule has 0 saturated carbocycles. The van der Waals surface area contributed by atoms with Crippen LogP contribution in [0.5, 0.6) is 5.75 Å². The number of ether oxygens (including phenoxy) is 2. The number of amidine groups is 1. The number of rotatable bonds is 14. The Labute approximate surface area is 380 Å². The smallest absolute Gasteiger partial charge is 0.488 e. The number of anilines is 2. The molecule has 3 aromatic carbocycles. The molecule has 322 valence electrons. The van der Waals surface area contributed by atoms with Crippen molar-refractivity contribution in [1.82, 2.24) is 25.3 Å². The van der Waals surface area contributed by atoms with Crippen molar-refractivity contribution in [3.05, 3.63) is 97.0 Å². The number of aromatic nitrogens is 2. The van der Waals surface area contributed by atoms with Gasteiger partial charge in [0.25, 0.3) is 0 Å². The number of nitrogens with zero attached hydrogens (tertiary/aromatic N) is 5. The number of alkyl halides is 1. The summed E-state index contributed by atoms with van der Waals surface area (Å²) in [6, 6.07) is 16.1. The van der Waals surface area contributed by atoms with E-state index in [1.807, 2.05) is 47.4 Å². The van der Waals surface area contributed by atoms with Gasteiger partial charge in [-0.15, -0.1) is 11.6 Å². The van der Waals surface area contributed by atoms with Crippen LogP contribution >= 0.6 is 11.6 Å². The average molecular weight is 862 g/mol. The van der Waals surface area contributed by atoms with E-state index in [9.17, 15) is 18.4 Å². The largest absolute Gasteiger partial charge is 1.00 e. The van der Waals surface area contributed by atoms with E-state index < -0.39 is 23.8 Å². The number of likely N-dealkylation sites (N-methyl/N-ethyl adjacent to an activating group) is 1. The molecule has 3 unspecified atom stereocenters. The summed E-state index contributed by atoms with van der Waals surface area (Å²) in [5.41, 5.74) is 17.7. The Morgan fingerprint density at radius 3 is 2.38 bits per heavy atom. The van der Waals surface area contributed by atoms with Gasteiger partial charge in [0.15, 0.2) is 5.82 Å². The fourth-order valence-corrected chi connectivity index (χ4v) is 6.39. The minimum Gasteiger partial charge on any atom is -0.488 e. The third-order valence-corrected chi connectivity index (χ3v) is 9.36. The van der Waals surface area contributed by atoms with Crippen molar-refractivity contribution in [1.29, 1.82) is 0 Å². The Morgan fingerprint density at radius 2 is 1.80 bits per heavy atom. The topological polar surface area (TPSA) is 174 Å². The molecule has 6 N–H and O–H groups in total. The van der Waals surface area contributed by atoms with Gasteiger partial charge in [0, 0.05) is 70.2 Å². The second-order valence-corrected chi connectivity index (χ2v) is 13.7. The van der Waals surface area contributed by atoms with Gasteiger partial charge in [0.1, 0.15) is 47.3 Å². The number of nitrogens with one attached hydrogen (secondary N) is 2. The Morgan fingerprint density at radius 1 is 1.10 bits per heavy atom. The molecule has 1 amide bonds. The average Bonchev–Trinajstić information content (AvgIpc) is 3.81. The molecule has 3 atom stereocenters. The number of hydrogen-bond acceptors (Lipinski definition) is 10. The van der Waals surface area contributed by atoms with Gasteiger partial charge in [-0.2, -0.15) is 5.10 Å². The number of carbonyl (C=O) groups excluding carboxylic acids is 2. The van der Waals surface area contributed by atoms with Gasteiger partial charge >= 0.3 is 29.6 Å². The number of nitrogens with two attached hydrogens (primary N) is 2. The number of benzene rings is 3. The monoisotopic (exact) mass is 861 g/mol. The van der Waals surface area contributed by atoms with Crippen LogP contribution in [0.25, 0.3) is 16.8 Å². The molecule has 0 radical (unpaired) electrons. The number of likely N-dealkylation sites (tertiary alicyclic amines) is 1. The van der Waals surface area contributed by atoms with Gasteiger partial charge in [0.05, 0.1) is 24.3 Å². The number of carbonyl (C=O) groups is 2. The molecular weight excluding hydrogens is 803 g/mol. The van der Waals surface area contributed by atoms with Gasteiger partial charge in [0.2, 0.25) is 5.91 Å². The molecule has 0 aliphatic carbocycles. The molecule has 1 aromatic heterocycles. The second kappa shape index (κ2) is 27.5. The predicted molar refractivity (Wildman–Crippen MR) is 236 cm³/mol. The van der Waals surface area contributed by atoms with Crippen molar-refractivity contribution in [3.63, 3.8) is 0 Å². The normalized spacial score (nSPS) is 15.3. The molecule has 17 heteroatoms. The van der Waals surface area contributed by atoms with E-state index in [2.05, 4.69) is 37.4 Å². The zero-order valence-electron chi connectivity index (χ0n) is 36.3. The number of aliphatic imine (C=N–C) groups is 2. The molecule has 60 heavy (non-hydrogen) atoms.